The molecule has 0 atom stereocenters. The van der Waals surface area contributed by atoms with E-state index in [0.29, 0.717) is 28.0 Å². The highest BCUT2D eigenvalue weighted by molar-refractivity contribution is 7.92. The third-order valence-electron chi connectivity index (χ3n) is 4.03. The molecule has 2 aromatic heterocycles. The summed E-state index contributed by atoms with van der Waals surface area (Å²) in [6.07, 6.45) is 2.73. The van der Waals surface area contributed by atoms with Gasteiger partial charge >= 0.3 is 6.01 Å². The molecule has 4 aromatic rings. The van der Waals surface area contributed by atoms with Crippen molar-refractivity contribution in [2.75, 3.05) is 4.72 Å². The quantitative estimate of drug-likeness (QED) is 0.544. The van der Waals surface area contributed by atoms with Gasteiger partial charge in [0, 0.05) is 11.3 Å². The van der Waals surface area contributed by atoms with Crippen molar-refractivity contribution in [3.63, 3.8) is 0 Å². The van der Waals surface area contributed by atoms with Gasteiger partial charge in [-0.05, 0) is 42.0 Å². The number of nitriles is 1. The first-order chi connectivity index (χ1) is 13.5. The van der Waals surface area contributed by atoms with Gasteiger partial charge in [0.2, 0.25) is 0 Å². The molecule has 0 aliphatic carbocycles. The third kappa shape index (κ3) is 3.10. The van der Waals surface area contributed by atoms with E-state index < -0.39 is 10.0 Å². The first-order valence-electron chi connectivity index (χ1n) is 7.99. The minimum absolute atomic E-state index is 0.0783. The van der Waals surface area contributed by atoms with Crippen molar-refractivity contribution in [3.8, 4) is 23.2 Å². The Labute approximate surface area is 159 Å². The fraction of sp³-hybridized carbons (Fsp3) is 0. The molecule has 0 spiro atoms. The van der Waals surface area contributed by atoms with Crippen LogP contribution in [0.25, 0.3) is 16.8 Å². The zero-order chi connectivity index (χ0) is 19.7. The Morgan fingerprint density at radius 1 is 1.04 bits per heavy atom. The first kappa shape index (κ1) is 17.4. The summed E-state index contributed by atoms with van der Waals surface area (Å²) in [7, 11) is -3.79. The van der Waals surface area contributed by atoms with Gasteiger partial charge in [0.1, 0.15) is 6.33 Å². The van der Waals surface area contributed by atoms with Crippen LogP contribution in [0.1, 0.15) is 5.56 Å². The summed E-state index contributed by atoms with van der Waals surface area (Å²) in [6.45, 7) is 0. The molecule has 138 valence electrons. The van der Waals surface area contributed by atoms with Crippen molar-refractivity contribution >= 4 is 21.4 Å². The van der Waals surface area contributed by atoms with Gasteiger partial charge in [-0.25, -0.2) is 13.4 Å². The van der Waals surface area contributed by atoms with Crippen molar-refractivity contribution in [2.24, 2.45) is 0 Å². The normalized spacial score (nSPS) is 11.2. The maximum Gasteiger partial charge on any atom is 0.318 e. The molecule has 10 heteroatoms. The molecule has 0 unspecified atom stereocenters. The van der Waals surface area contributed by atoms with Gasteiger partial charge in [0.25, 0.3) is 10.0 Å². The molecule has 4 rings (SSSR count). The maximum atomic E-state index is 12.6. The highest BCUT2D eigenvalue weighted by atomic mass is 32.2. The summed E-state index contributed by atoms with van der Waals surface area (Å²) in [5.74, 6) is 0. The molecule has 2 aromatic carbocycles. The van der Waals surface area contributed by atoms with Crippen molar-refractivity contribution in [3.05, 3.63) is 66.6 Å². The monoisotopic (exact) mass is 392 g/mol. The van der Waals surface area contributed by atoms with Gasteiger partial charge in [0.05, 0.1) is 22.7 Å². The molecular weight excluding hydrogens is 380 g/mol. The van der Waals surface area contributed by atoms with E-state index in [9.17, 15) is 13.5 Å². The topological polar surface area (TPSA) is 133 Å². The number of fused-ring (bicyclic) bond motifs is 1. The van der Waals surface area contributed by atoms with Crippen LogP contribution in [0, 0.1) is 11.3 Å². The van der Waals surface area contributed by atoms with Crippen LogP contribution < -0.4 is 4.72 Å². The van der Waals surface area contributed by atoms with Crippen molar-refractivity contribution in [1.82, 2.24) is 19.6 Å². The Morgan fingerprint density at radius 3 is 2.43 bits per heavy atom. The molecule has 0 aliphatic rings. The van der Waals surface area contributed by atoms with E-state index in [-0.39, 0.29) is 10.9 Å². The zero-order valence-corrected chi connectivity index (χ0v) is 15.0. The Hall–Kier alpha value is -3.97. The van der Waals surface area contributed by atoms with E-state index in [2.05, 4.69) is 19.8 Å². The van der Waals surface area contributed by atoms with Gasteiger partial charge < -0.3 is 5.11 Å². The Morgan fingerprint density at radius 2 is 1.75 bits per heavy atom. The molecule has 9 nitrogen and oxygen atoms in total. The highest BCUT2D eigenvalue weighted by Crippen LogP contribution is 2.26. The smallest absolute Gasteiger partial charge is 0.318 e. The van der Waals surface area contributed by atoms with E-state index in [0.717, 1.165) is 0 Å². The Balaban J connectivity index is 1.63. The second-order valence-corrected chi connectivity index (χ2v) is 7.47. The minimum Gasteiger partial charge on any atom is -0.479 e. The number of sulfonamides is 1. The fourth-order valence-corrected chi connectivity index (χ4v) is 3.71. The molecular formula is C18H12N6O3S. The minimum atomic E-state index is -3.79. The molecule has 0 bridgehead atoms. The number of nitrogens with one attached hydrogen (secondary N) is 1. The summed E-state index contributed by atoms with van der Waals surface area (Å²) in [6, 6.07) is 14.0. The molecule has 28 heavy (non-hydrogen) atoms. The SMILES string of the molecule is N#Cc1ccc(NS(=O)(=O)c2ccc(-c3cnn4c(O)ncnc34)cc2)cc1. The second kappa shape index (κ2) is 6.64. The van der Waals surface area contributed by atoms with E-state index >= 15 is 0 Å². The van der Waals surface area contributed by atoms with Gasteiger partial charge in [-0.3, -0.25) is 4.72 Å². The summed E-state index contributed by atoms with van der Waals surface area (Å²) in [5.41, 5.74) is 2.51. The van der Waals surface area contributed by atoms with Crippen LogP contribution >= 0.6 is 0 Å². The van der Waals surface area contributed by atoms with Crippen LogP contribution in [0.3, 0.4) is 0 Å². The molecule has 0 radical (unpaired) electrons. The molecule has 2 N–H and O–H groups in total. The predicted octanol–water partition coefficient (Wildman–Crippen LogP) is 2.17. The Bertz CT molecular complexity index is 1310. The molecule has 0 aliphatic heterocycles. The number of anilines is 1. The van der Waals surface area contributed by atoms with E-state index in [1.54, 1.807) is 12.1 Å². The van der Waals surface area contributed by atoms with Crippen molar-refractivity contribution < 1.29 is 13.5 Å². The van der Waals surface area contributed by atoms with Crippen LogP contribution in [0.5, 0.6) is 6.01 Å². The van der Waals surface area contributed by atoms with Crippen LogP contribution in [0.2, 0.25) is 0 Å². The summed E-state index contributed by atoms with van der Waals surface area (Å²) >= 11 is 0. The van der Waals surface area contributed by atoms with E-state index in [4.69, 9.17) is 5.26 Å². The largest absolute Gasteiger partial charge is 0.479 e. The number of nitrogens with zero attached hydrogens (tertiary/aromatic N) is 5. The van der Waals surface area contributed by atoms with Gasteiger partial charge in [-0.2, -0.15) is 19.9 Å². The van der Waals surface area contributed by atoms with Crippen molar-refractivity contribution in [2.45, 2.75) is 4.90 Å². The lowest BCUT2D eigenvalue weighted by Gasteiger charge is -2.08. The summed E-state index contributed by atoms with van der Waals surface area (Å²) in [4.78, 5) is 7.82. The fourth-order valence-electron chi connectivity index (χ4n) is 2.65. The Kier molecular flexibility index (Phi) is 4.14. The lowest BCUT2D eigenvalue weighted by Crippen LogP contribution is -2.12. The summed E-state index contributed by atoms with van der Waals surface area (Å²) in [5, 5.41) is 22.5. The number of aromatic hydroxyl groups is 1. The lowest BCUT2D eigenvalue weighted by atomic mass is 10.1. The second-order valence-electron chi connectivity index (χ2n) is 5.79. The van der Waals surface area contributed by atoms with Crippen LogP contribution in [-0.2, 0) is 10.0 Å². The molecule has 2 heterocycles. The van der Waals surface area contributed by atoms with Crippen LogP contribution in [0.4, 0.5) is 5.69 Å². The van der Waals surface area contributed by atoms with Crippen molar-refractivity contribution in [1.29, 1.82) is 5.26 Å². The molecule has 0 fully saturated rings. The molecule has 0 saturated carbocycles. The van der Waals surface area contributed by atoms with Gasteiger partial charge in [0.15, 0.2) is 5.65 Å². The van der Waals surface area contributed by atoms with Gasteiger partial charge in [-0.1, -0.05) is 12.1 Å². The van der Waals surface area contributed by atoms with Crippen LogP contribution in [0.15, 0.2) is 66.0 Å². The summed E-state index contributed by atoms with van der Waals surface area (Å²) < 4.78 is 28.8. The van der Waals surface area contributed by atoms with E-state index in [1.165, 1.54) is 53.4 Å². The highest BCUT2D eigenvalue weighted by Gasteiger charge is 2.16. The lowest BCUT2D eigenvalue weighted by molar-refractivity contribution is 0.411. The first-order valence-corrected chi connectivity index (χ1v) is 9.47. The standard InChI is InChI=1S/C18H12N6O3S/c19-9-12-1-5-14(6-2-12)23-28(26,27)15-7-3-13(4-8-15)16-10-22-24-17(16)20-11-21-18(24)25/h1-8,10-11,23H,(H,20,21,25). The number of hydrogen-bond donors (Lipinski definition) is 2. The maximum absolute atomic E-state index is 12.6. The number of hydrogen-bond acceptors (Lipinski definition) is 7. The molecule has 0 amide bonds. The van der Waals surface area contributed by atoms with E-state index in [1.807, 2.05) is 6.07 Å². The number of benzene rings is 2. The number of aromatic nitrogens is 4. The van der Waals surface area contributed by atoms with Gasteiger partial charge in [-0.15, -0.1) is 0 Å². The third-order valence-corrected chi connectivity index (χ3v) is 5.43. The number of rotatable bonds is 4. The predicted molar refractivity (Wildman–Crippen MR) is 99.8 cm³/mol. The average molecular weight is 392 g/mol. The average Bonchev–Trinajstić information content (AvgIpc) is 3.14. The molecule has 0 saturated heterocycles. The van der Waals surface area contributed by atoms with Crippen LogP contribution in [-0.4, -0.2) is 33.1 Å². The zero-order valence-electron chi connectivity index (χ0n) is 14.2.